The molecule has 0 N–H and O–H groups in total. The van der Waals surface area contributed by atoms with Gasteiger partial charge in [-0.25, -0.2) is 0 Å². The smallest absolute Gasteiger partial charge is 0.308 e. The van der Waals surface area contributed by atoms with Crippen LogP contribution in [0.4, 0.5) is 11.4 Å². The second-order valence-electron chi connectivity index (χ2n) is 5.26. The summed E-state index contributed by atoms with van der Waals surface area (Å²) in [6.07, 6.45) is 0. The number of azo groups is 1. The number of fused-ring (bicyclic) bond motifs is 1. The maximum absolute atomic E-state index is 11.3. The SMILES string of the molecule is CC(=O)Oc1ccc2ccccc2c1N=Nc1ccc(C)cc1. The monoisotopic (exact) mass is 304 g/mol. The van der Waals surface area contributed by atoms with Crippen molar-refractivity contribution in [2.24, 2.45) is 10.2 Å². The van der Waals surface area contributed by atoms with Gasteiger partial charge in [0.2, 0.25) is 0 Å². The van der Waals surface area contributed by atoms with Crippen molar-refractivity contribution < 1.29 is 9.53 Å². The molecule has 0 saturated carbocycles. The van der Waals surface area contributed by atoms with Crippen LogP contribution in [0.3, 0.4) is 0 Å². The minimum absolute atomic E-state index is 0.382. The number of benzene rings is 3. The number of esters is 1. The fourth-order valence-corrected chi connectivity index (χ4v) is 2.29. The van der Waals surface area contributed by atoms with Crippen LogP contribution in [-0.4, -0.2) is 5.97 Å². The number of ether oxygens (including phenoxy) is 1. The minimum Gasteiger partial charge on any atom is -0.424 e. The second kappa shape index (κ2) is 6.40. The Balaban J connectivity index is 2.09. The van der Waals surface area contributed by atoms with Crippen molar-refractivity contribution >= 4 is 28.1 Å². The molecule has 114 valence electrons. The van der Waals surface area contributed by atoms with Gasteiger partial charge in [0.05, 0.1) is 5.69 Å². The van der Waals surface area contributed by atoms with Gasteiger partial charge in [0.15, 0.2) is 5.75 Å². The van der Waals surface area contributed by atoms with Gasteiger partial charge in [0.25, 0.3) is 0 Å². The van der Waals surface area contributed by atoms with Crippen LogP contribution < -0.4 is 4.74 Å². The van der Waals surface area contributed by atoms with Crippen molar-refractivity contribution in [3.63, 3.8) is 0 Å². The zero-order chi connectivity index (χ0) is 16.2. The molecule has 0 bridgehead atoms. The molecule has 0 fully saturated rings. The number of aryl methyl sites for hydroxylation is 1. The van der Waals surface area contributed by atoms with Crippen LogP contribution >= 0.6 is 0 Å². The molecule has 0 heterocycles. The number of rotatable bonds is 3. The molecule has 4 heteroatoms. The van der Waals surface area contributed by atoms with E-state index >= 15 is 0 Å². The highest BCUT2D eigenvalue weighted by molar-refractivity contribution is 5.96. The van der Waals surface area contributed by atoms with Gasteiger partial charge >= 0.3 is 5.97 Å². The average Bonchev–Trinajstić information content (AvgIpc) is 2.55. The molecule has 23 heavy (non-hydrogen) atoms. The van der Waals surface area contributed by atoms with Crippen LogP contribution in [0.15, 0.2) is 70.9 Å². The van der Waals surface area contributed by atoms with E-state index in [4.69, 9.17) is 4.74 Å². The van der Waals surface area contributed by atoms with E-state index in [1.807, 2.05) is 61.5 Å². The predicted molar refractivity (Wildman–Crippen MR) is 90.6 cm³/mol. The number of hydrogen-bond acceptors (Lipinski definition) is 4. The molecule has 3 rings (SSSR count). The summed E-state index contributed by atoms with van der Waals surface area (Å²) in [4.78, 5) is 11.3. The van der Waals surface area contributed by atoms with E-state index in [9.17, 15) is 4.79 Å². The molecule has 0 aliphatic heterocycles. The molecular weight excluding hydrogens is 288 g/mol. The molecular formula is C19H16N2O2. The fraction of sp³-hybridized carbons (Fsp3) is 0.105. The molecule has 4 nitrogen and oxygen atoms in total. The first-order valence-electron chi connectivity index (χ1n) is 7.32. The van der Waals surface area contributed by atoms with Gasteiger partial charge in [-0.3, -0.25) is 4.79 Å². The van der Waals surface area contributed by atoms with E-state index in [1.165, 1.54) is 6.92 Å². The molecule has 0 aromatic heterocycles. The topological polar surface area (TPSA) is 51.0 Å². The van der Waals surface area contributed by atoms with Gasteiger partial charge in [0, 0.05) is 12.3 Å². The van der Waals surface area contributed by atoms with E-state index in [1.54, 1.807) is 6.07 Å². The molecule has 0 saturated heterocycles. The lowest BCUT2D eigenvalue weighted by Crippen LogP contribution is -2.01. The average molecular weight is 304 g/mol. The van der Waals surface area contributed by atoms with E-state index < -0.39 is 0 Å². The Labute approximate surface area is 134 Å². The van der Waals surface area contributed by atoms with Crippen molar-refractivity contribution in [1.29, 1.82) is 0 Å². The summed E-state index contributed by atoms with van der Waals surface area (Å²) < 4.78 is 5.27. The van der Waals surface area contributed by atoms with Crippen molar-refractivity contribution in [2.45, 2.75) is 13.8 Å². The largest absolute Gasteiger partial charge is 0.424 e. The molecule has 0 amide bonds. The molecule has 0 atom stereocenters. The number of carbonyl (C=O) groups is 1. The van der Waals surface area contributed by atoms with Crippen LogP contribution in [0, 0.1) is 6.92 Å². The third-order valence-corrected chi connectivity index (χ3v) is 3.42. The first-order chi connectivity index (χ1) is 11.1. The summed E-state index contributed by atoms with van der Waals surface area (Å²) in [7, 11) is 0. The Morgan fingerprint density at radius 3 is 2.39 bits per heavy atom. The lowest BCUT2D eigenvalue weighted by molar-refractivity contribution is -0.131. The Kier molecular flexibility index (Phi) is 4.15. The summed E-state index contributed by atoms with van der Waals surface area (Å²) in [5, 5.41) is 10.5. The molecule has 0 aliphatic rings. The zero-order valence-corrected chi connectivity index (χ0v) is 13.0. The van der Waals surface area contributed by atoms with Crippen LogP contribution in [-0.2, 0) is 4.79 Å². The number of hydrogen-bond donors (Lipinski definition) is 0. The van der Waals surface area contributed by atoms with Crippen LogP contribution in [0.5, 0.6) is 5.75 Å². The van der Waals surface area contributed by atoms with E-state index in [0.29, 0.717) is 11.4 Å². The van der Waals surface area contributed by atoms with Crippen molar-refractivity contribution in [3.8, 4) is 5.75 Å². The highest BCUT2D eigenvalue weighted by atomic mass is 16.5. The highest BCUT2D eigenvalue weighted by Gasteiger charge is 2.10. The quantitative estimate of drug-likeness (QED) is 0.365. The number of nitrogens with zero attached hydrogens (tertiary/aromatic N) is 2. The summed E-state index contributed by atoms with van der Waals surface area (Å²) in [6, 6.07) is 19.2. The van der Waals surface area contributed by atoms with Crippen molar-refractivity contribution in [1.82, 2.24) is 0 Å². The highest BCUT2D eigenvalue weighted by Crippen LogP contribution is 2.37. The third-order valence-electron chi connectivity index (χ3n) is 3.42. The van der Waals surface area contributed by atoms with Crippen LogP contribution in [0.25, 0.3) is 10.8 Å². The lowest BCUT2D eigenvalue weighted by atomic mass is 10.1. The maximum Gasteiger partial charge on any atom is 0.308 e. The fourth-order valence-electron chi connectivity index (χ4n) is 2.29. The van der Waals surface area contributed by atoms with E-state index in [-0.39, 0.29) is 5.97 Å². The molecule has 0 unspecified atom stereocenters. The van der Waals surface area contributed by atoms with Gasteiger partial charge in [-0.15, -0.1) is 5.11 Å². The second-order valence-corrected chi connectivity index (χ2v) is 5.26. The summed E-state index contributed by atoms with van der Waals surface area (Å²) in [5.41, 5.74) is 2.46. The Morgan fingerprint density at radius 2 is 1.65 bits per heavy atom. The lowest BCUT2D eigenvalue weighted by Gasteiger charge is -2.08. The zero-order valence-electron chi connectivity index (χ0n) is 13.0. The first-order valence-corrected chi connectivity index (χ1v) is 7.32. The predicted octanol–water partition coefficient (Wildman–Crippen LogP) is 5.49. The molecule has 0 radical (unpaired) electrons. The van der Waals surface area contributed by atoms with Crippen LogP contribution in [0.2, 0.25) is 0 Å². The molecule has 0 aliphatic carbocycles. The van der Waals surface area contributed by atoms with Crippen molar-refractivity contribution in [2.75, 3.05) is 0 Å². The van der Waals surface area contributed by atoms with Crippen molar-refractivity contribution in [3.05, 3.63) is 66.2 Å². The number of carbonyl (C=O) groups excluding carboxylic acids is 1. The van der Waals surface area contributed by atoms with Gasteiger partial charge in [-0.1, -0.05) is 48.0 Å². The molecule has 0 spiro atoms. The maximum atomic E-state index is 11.3. The summed E-state index contributed by atoms with van der Waals surface area (Å²) in [6.45, 7) is 3.39. The van der Waals surface area contributed by atoms with Gasteiger partial charge < -0.3 is 4.74 Å². The van der Waals surface area contributed by atoms with Gasteiger partial charge in [0.1, 0.15) is 5.69 Å². The Hall–Kier alpha value is -3.01. The third kappa shape index (κ3) is 3.43. The van der Waals surface area contributed by atoms with E-state index in [0.717, 1.165) is 22.0 Å². The first kappa shape index (κ1) is 14.9. The molecule has 3 aromatic carbocycles. The normalized spacial score (nSPS) is 11.0. The standard InChI is InChI=1S/C19H16N2O2/c1-13-7-10-16(11-8-13)20-21-19-17-6-4-3-5-15(17)9-12-18(19)23-14(2)22/h3-12H,1-2H3. The van der Waals surface area contributed by atoms with Gasteiger partial charge in [-0.2, -0.15) is 5.11 Å². The summed E-state index contributed by atoms with van der Waals surface area (Å²) >= 11 is 0. The summed E-state index contributed by atoms with van der Waals surface area (Å²) in [5.74, 6) is 0.0270. The Bertz CT molecular complexity index is 884. The Morgan fingerprint density at radius 1 is 0.913 bits per heavy atom. The van der Waals surface area contributed by atoms with Crippen LogP contribution in [0.1, 0.15) is 12.5 Å². The minimum atomic E-state index is -0.382. The van der Waals surface area contributed by atoms with E-state index in [2.05, 4.69) is 10.2 Å². The molecule has 3 aromatic rings. The van der Waals surface area contributed by atoms with Gasteiger partial charge in [-0.05, 0) is 30.5 Å².